The van der Waals surface area contributed by atoms with Crippen LogP contribution in [0.15, 0.2) is 24.3 Å². The molecule has 1 rings (SSSR count). The molecule has 0 saturated carbocycles. The molecular weight excluding hydrogens is 272 g/mol. The highest BCUT2D eigenvalue weighted by atomic mass is 32.2. The molecule has 0 fully saturated rings. The Labute approximate surface area is 125 Å². The van der Waals surface area contributed by atoms with Crippen LogP contribution in [0.2, 0.25) is 0 Å². The summed E-state index contributed by atoms with van der Waals surface area (Å²) in [5.41, 5.74) is 6.98. The minimum atomic E-state index is 0.0758. The molecule has 5 heteroatoms. The first-order valence-electron chi connectivity index (χ1n) is 6.88. The molecule has 0 aliphatic carbocycles. The molecule has 0 heterocycles. The second-order valence-electron chi connectivity index (χ2n) is 4.63. The smallest absolute Gasteiger partial charge is 0.230 e. The van der Waals surface area contributed by atoms with Crippen LogP contribution in [-0.4, -0.2) is 37.1 Å². The third-order valence-corrected chi connectivity index (χ3v) is 4.11. The number of carbonyl (C=O) groups excluding carboxylic acids is 1. The first-order valence-corrected chi connectivity index (χ1v) is 8.04. The van der Waals surface area contributed by atoms with E-state index in [-0.39, 0.29) is 11.9 Å². The van der Waals surface area contributed by atoms with Gasteiger partial charge in [0.2, 0.25) is 5.91 Å². The molecular formula is C15H24N2O2S. The molecule has 1 aromatic rings. The molecule has 0 spiro atoms. The monoisotopic (exact) mass is 296 g/mol. The Morgan fingerprint density at radius 3 is 2.70 bits per heavy atom. The topological polar surface area (TPSA) is 64.4 Å². The molecule has 1 aromatic carbocycles. The average Bonchev–Trinajstić information content (AvgIpc) is 2.47. The number of amides is 1. The molecule has 0 saturated heterocycles. The van der Waals surface area contributed by atoms with Crippen LogP contribution in [0.5, 0.6) is 5.75 Å². The summed E-state index contributed by atoms with van der Waals surface area (Å²) in [7, 11) is 1.65. The van der Waals surface area contributed by atoms with Gasteiger partial charge in [0, 0.05) is 18.3 Å². The van der Waals surface area contributed by atoms with Gasteiger partial charge < -0.3 is 15.8 Å². The van der Waals surface area contributed by atoms with Crippen molar-refractivity contribution in [1.82, 2.24) is 5.32 Å². The zero-order valence-corrected chi connectivity index (χ0v) is 13.0. The summed E-state index contributed by atoms with van der Waals surface area (Å²) >= 11 is 1.59. The Balaban J connectivity index is 2.14. The van der Waals surface area contributed by atoms with Crippen molar-refractivity contribution in [1.29, 1.82) is 0 Å². The summed E-state index contributed by atoms with van der Waals surface area (Å²) in [6.45, 7) is 2.71. The van der Waals surface area contributed by atoms with Gasteiger partial charge in [0.15, 0.2) is 0 Å². The van der Waals surface area contributed by atoms with Crippen molar-refractivity contribution < 1.29 is 9.53 Å². The van der Waals surface area contributed by atoms with Crippen molar-refractivity contribution in [2.75, 3.05) is 25.2 Å². The quantitative estimate of drug-likeness (QED) is 0.729. The molecule has 0 aliphatic heterocycles. The molecule has 0 aliphatic rings. The zero-order valence-electron chi connectivity index (χ0n) is 12.2. The van der Waals surface area contributed by atoms with Gasteiger partial charge in [-0.15, -0.1) is 0 Å². The van der Waals surface area contributed by atoms with Gasteiger partial charge in [-0.05, 0) is 30.5 Å². The third-order valence-electron chi connectivity index (χ3n) is 2.98. The van der Waals surface area contributed by atoms with E-state index in [1.165, 1.54) is 5.56 Å². The van der Waals surface area contributed by atoms with E-state index in [4.69, 9.17) is 10.5 Å². The highest BCUT2D eigenvalue weighted by Gasteiger charge is 2.04. The maximum absolute atomic E-state index is 11.6. The lowest BCUT2D eigenvalue weighted by Gasteiger charge is -2.08. The summed E-state index contributed by atoms with van der Waals surface area (Å²) in [6, 6.07) is 8.07. The first kappa shape index (κ1) is 16.9. The van der Waals surface area contributed by atoms with Gasteiger partial charge >= 0.3 is 0 Å². The Morgan fingerprint density at radius 1 is 1.40 bits per heavy atom. The number of ether oxygens (including phenoxy) is 1. The number of methoxy groups -OCH3 is 1. The molecule has 0 aromatic heterocycles. The van der Waals surface area contributed by atoms with E-state index in [0.717, 1.165) is 24.3 Å². The lowest BCUT2D eigenvalue weighted by molar-refractivity contribution is -0.118. The summed E-state index contributed by atoms with van der Waals surface area (Å²) < 4.78 is 5.10. The Kier molecular flexibility index (Phi) is 8.14. The summed E-state index contributed by atoms with van der Waals surface area (Å²) in [4.78, 5) is 11.6. The van der Waals surface area contributed by atoms with Crippen molar-refractivity contribution in [2.24, 2.45) is 5.73 Å². The molecule has 112 valence electrons. The van der Waals surface area contributed by atoms with Gasteiger partial charge in [0.25, 0.3) is 0 Å². The van der Waals surface area contributed by atoms with E-state index in [0.29, 0.717) is 12.3 Å². The van der Waals surface area contributed by atoms with Crippen LogP contribution in [0, 0.1) is 0 Å². The van der Waals surface area contributed by atoms with E-state index in [9.17, 15) is 4.79 Å². The first-order chi connectivity index (χ1) is 9.65. The predicted molar refractivity (Wildman–Crippen MR) is 85.3 cm³/mol. The lowest BCUT2D eigenvalue weighted by atomic mass is 10.1. The van der Waals surface area contributed by atoms with E-state index >= 15 is 0 Å². The van der Waals surface area contributed by atoms with Crippen LogP contribution in [0.1, 0.15) is 18.9 Å². The van der Waals surface area contributed by atoms with Gasteiger partial charge in [0.1, 0.15) is 5.75 Å². The molecule has 1 atom stereocenters. The van der Waals surface area contributed by atoms with Crippen LogP contribution in [0.25, 0.3) is 0 Å². The second kappa shape index (κ2) is 9.66. The molecule has 4 nitrogen and oxygen atoms in total. The van der Waals surface area contributed by atoms with Crippen molar-refractivity contribution in [3.05, 3.63) is 29.8 Å². The van der Waals surface area contributed by atoms with Gasteiger partial charge in [-0.3, -0.25) is 4.79 Å². The SMILES string of the molecule is CCC(N)CSCC(=O)NCCc1ccc(OC)cc1. The fraction of sp³-hybridized carbons (Fsp3) is 0.533. The van der Waals surface area contributed by atoms with Gasteiger partial charge in [-0.25, -0.2) is 0 Å². The van der Waals surface area contributed by atoms with E-state index in [1.54, 1.807) is 18.9 Å². The summed E-state index contributed by atoms with van der Waals surface area (Å²) in [6.07, 6.45) is 1.78. The largest absolute Gasteiger partial charge is 0.497 e. The minimum absolute atomic E-state index is 0.0758. The fourth-order valence-corrected chi connectivity index (χ4v) is 2.55. The Bertz CT molecular complexity index is 395. The number of nitrogens with one attached hydrogen (secondary N) is 1. The minimum Gasteiger partial charge on any atom is -0.497 e. The van der Waals surface area contributed by atoms with Crippen LogP contribution in [0.4, 0.5) is 0 Å². The fourth-order valence-electron chi connectivity index (χ4n) is 1.61. The van der Waals surface area contributed by atoms with Crippen molar-refractivity contribution in [2.45, 2.75) is 25.8 Å². The lowest BCUT2D eigenvalue weighted by Crippen LogP contribution is -2.28. The number of thioether (sulfide) groups is 1. The van der Waals surface area contributed by atoms with Crippen molar-refractivity contribution >= 4 is 17.7 Å². The van der Waals surface area contributed by atoms with Gasteiger partial charge in [0.05, 0.1) is 12.9 Å². The van der Waals surface area contributed by atoms with Crippen LogP contribution in [-0.2, 0) is 11.2 Å². The molecule has 1 amide bonds. The number of carbonyl (C=O) groups is 1. The predicted octanol–water partition coefficient (Wildman–Crippen LogP) is 1.82. The van der Waals surface area contributed by atoms with Crippen molar-refractivity contribution in [3.8, 4) is 5.75 Å². The molecule has 20 heavy (non-hydrogen) atoms. The number of nitrogens with two attached hydrogens (primary N) is 1. The number of rotatable bonds is 9. The van der Waals surface area contributed by atoms with Crippen LogP contribution >= 0.6 is 11.8 Å². The Morgan fingerprint density at radius 2 is 2.10 bits per heavy atom. The van der Waals surface area contributed by atoms with Crippen molar-refractivity contribution in [3.63, 3.8) is 0 Å². The highest BCUT2D eigenvalue weighted by molar-refractivity contribution is 7.99. The Hall–Kier alpha value is -1.20. The van der Waals surface area contributed by atoms with E-state index in [1.807, 2.05) is 24.3 Å². The summed E-state index contributed by atoms with van der Waals surface area (Å²) in [5, 5.41) is 2.92. The standard InChI is InChI=1S/C15H24N2O2S/c1-3-13(16)10-20-11-15(18)17-9-8-12-4-6-14(19-2)7-5-12/h4-7,13H,3,8-11,16H2,1-2H3,(H,17,18). The van der Waals surface area contributed by atoms with Gasteiger partial charge in [-0.1, -0.05) is 19.1 Å². The number of hydrogen-bond donors (Lipinski definition) is 2. The molecule has 0 bridgehead atoms. The van der Waals surface area contributed by atoms with E-state index < -0.39 is 0 Å². The summed E-state index contributed by atoms with van der Waals surface area (Å²) in [5.74, 6) is 2.24. The molecule has 1 unspecified atom stereocenters. The maximum atomic E-state index is 11.6. The molecule has 3 N–H and O–H groups in total. The third kappa shape index (κ3) is 6.82. The van der Waals surface area contributed by atoms with Crippen LogP contribution < -0.4 is 15.8 Å². The maximum Gasteiger partial charge on any atom is 0.230 e. The normalized spacial score (nSPS) is 11.9. The second-order valence-corrected chi connectivity index (χ2v) is 5.66. The van der Waals surface area contributed by atoms with Crippen LogP contribution in [0.3, 0.4) is 0 Å². The van der Waals surface area contributed by atoms with Gasteiger partial charge in [-0.2, -0.15) is 11.8 Å². The average molecular weight is 296 g/mol. The zero-order chi connectivity index (χ0) is 14.8. The molecule has 0 radical (unpaired) electrons. The highest BCUT2D eigenvalue weighted by Crippen LogP contribution is 2.11. The number of hydrogen-bond acceptors (Lipinski definition) is 4. The number of benzene rings is 1. The van der Waals surface area contributed by atoms with E-state index in [2.05, 4.69) is 12.2 Å².